The standard InChI is InChI=1S/C24H25N5O5S/c1-17-6-8-18(9-7-17)35(31,32)29-10-2-4-20(29)23(30)27-11-13-28(14-12-27)24-19(16-25)26-22(34-24)21-5-3-15-33-21/h3,5-9,15,20H,2,4,10-14H2,1H3/t20-/m0/s1. The van der Waals surface area contributed by atoms with Crippen molar-refractivity contribution in [1.29, 1.82) is 5.26 Å². The number of furan rings is 1. The van der Waals surface area contributed by atoms with Crippen molar-refractivity contribution >= 4 is 21.8 Å². The Morgan fingerprint density at radius 3 is 2.51 bits per heavy atom. The fourth-order valence-corrected chi connectivity index (χ4v) is 6.22. The van der Waals surface area contributed by atoms with E-state index in [-0.39, 0.29) is 22.4 Å². The largest absolute Gasteiger partial charge is 0.459 e. The molecule has 2 saturated heterocycles. The maximum absolute atomic E-state index is 13.4. The van der Waals surface area contributed by atoms with E-state index >= 15 is 0 Å². The lowest BCUT2D eigenvalue weighted by Crippen LogP contribution is -2.54. The van der Waals surface area contributed by atoms with E-state index in [0.29, 0.717) is 57.2 Å². The van der Waals surface area contributed by atoms with E-state index in [9.17, 15) is 18.5 Å². The maximum atomic E-state index is 13.4. The first-order chi connectivity index (χ1) is 16.9. The Kier molecular flexibility index (Phi) is 6.08. The molecule has 0 unspecified atom stereocenters. The molecule has 2 aromatic heterocycles. The van der Waals surface area contributed by atoms with Gasteiger partial charge in [-0.05, 0) is 44.0 Å². The van der Waals surface area contributed by atoms with E-state index in [2.05, 4.69) is 11.1 Å². The van der Waals surface area contributed by atoms with Crippen molar-refractivity contribution in [2.24, 2.45) is 0 Å². The van der Waals surface area contributed by atoms with E-state index in [1.165, 1.54) is 10.6 Å². The third-order valence-corrected chi connectivity index (χ3v) is 8.36. The molecular weight excluding hydrogens is 470 g/mol. The van der Waals surface area contributed by atoms with E-state index in [0.717, 1.165) is 5.56 Å². The van der Waals surface area contributed by atoms with Crippen LogP contribution in [0.25, 0.3) is 11.7 Å². The number of aromatic nitrogens is 1. The minimum atomic E-state index is -3.76. The van der Waals surface area contributed by atoms with Gasteiger partial charge in [0.2, 0.25) is 27.5 Å². The van der Waals surface area contributed by atoms with Crippen molar-refractivity contribution in [2.75, 3.05) is 37.6 Å². The number of sulfonamides is 1. The first-order valence-electron chi connectivity index (χ1n) is 11.5. The molecule has 11 heteroatoms. The van der Waals surface area contributed by atoms with Crippen molar-refractivity contribution in [1.82, 2.24) is 14.2 Å². The van der Waals surface area contributed by atoms with Crippen molar-refractivity contribution in [3.05, 3.63) is 53.9 Å². The lowest BCUT2D eigenvalue weighted by molar-refractivity contribution is -0.134. The number of anilines is 1. The number of nitrogens with zero attached hydrogens (tertiary/aromatic N) is 5. The molecule has 1 amide bonds. The number of carbonyl (C=O) groups excluding carboxylic acids is 1. The van der Waals surface area contributed by atoms with Crippen LogP contribution in [-0.4, -0.2) is 67.3 Å². The fraction of sp³-hybridized carbons (Fsp3) is 0.375. The minimum Gasteiger partial charge on any atom is -0.459 e. The summed E-state index contributed by atoms with van der Waals surface area (Å²) in [5.74, 6) is 0.809. The van der Waals surface area contributed by atoms with Crippen LogP contribution in [0.1, 0.15) is 24.1 Å². The molecular formula is C24H25N5O5S. The zero-order valence-corrected chi connectivity index (χ0v) is 20.1. The van der Waals surface area contributed by atoms with E-state index in [1.807, 2.05) is 11.8 Å². The van der Waals surface area contributed by atoms with Gasteiger partial charge in [0, 0.05) is 32.7 Å². The number of oxazole rings is 1. The molecule has 0 bridgehead atoms. The highest BCUT2D eigenvalue weighted by Crippen LogP contribution is 2.31. The smallest absolute Gasteiger partial charge is 0.266 e. The minimum absolute atomic E-state index is 0.155. The molecule has 0 radical (unpaired) electrons. The van der Waals surface area contributed by atoms with Gasteiger partial charge in [0.25, 0.3) is 5.89 Å². The van der Waals surface area contributed by atoms with Crippen LogP contribution < -0.4 is 4.90 Å². The SMILES string of the molecule is Cc1ccc(S(=O)(=O)N2CCC[C@H]2C(=O)N2CCN(c3oc(-c4ccco4)nc3C#N)CC2)cc1. The molecule has 35 heavy (non-hydrogen) atoms. The fourth-order valence-electron chi connectivity index (χ4n) is 4.57. The Morgan fingerprint density at radius 2 is 1.86 bits per heavy atom. The van der Waals surface area contributed by atoms with Crippen LogP contribution in [0, 0.1) is 18.3 Å². The first kappa shape index (κ1) is 23.1. The molecule has 5 rings (SSSR count). The first-order valence-corrected chi connectivity index (χ1v) is 12.9. The molecule has 1 atom stereocenters. The second kappa shape index (κ2) is 9.20. The van der Waals surface area contributed by atoms with Crippen LogP contribution in [0.3, 0.4) is 0 Å². The molecule has 4 heterocycles. The molecule has 10 nitrogen and oxygen atoms in total. The Labute approximate surface area is 203 Å². The summed E-state index contributed by atoms with van der Waals surface area (Å²) in [5.41, 5.74) is 1.13. The van der Waals surface area contributed by atoms with Crippen LogP contribution in [0.4, 0.5) is 5.88 Å². The Hall–Kier alpha value is -3.62. The van der Waals surface area contributed by atoms with Crippen LogP contribution in [0.2, 0.25) is 0 Å². The van der Waals surface area contributed by atoms with Gasteiger partial charge in [0.05, 0.1) is 11.2 Å². The molecule has 0 aliphatic carbocycles. The summed E-state index contributed by atoms with van der Waals surface area (Å²) < 4.78 is 38.9. The molecule has 0 spiro atoms. The number of hydrogen-bond acceptors (Lipinski definition) is 8. The summed E-state index contributed by atoms with van der Waals surface area (Å²) >= 11 is 0. The highest BCUT2D eigenvalue weighted by Gasteiger charge is 2.42. The zero-order valence-electron chi connectivity index (χ0n) is 19.3. The highest BCUT2D eigenvalue weighted by molar-refractivity contribution is 7.89. The van der Waals surface area contributed by atoms with Gasteiger partial charge in [-0.3, -0.25) is 4.79 Å². The number of benzene rings is 1. The number of aryl methyl sites for hydroxylation is 1. The maximum Gasteiger partial charge on any atom is 0.266 e. The summed E-state index contributed by atoms with van der Waals surface area (Å²) in [6.45, 7) is 3.86. The van der Waals surface area contributed by atoms with Crippen LogP contribution in [-0.2, 0) is 14.8 Å². The highest BCUT2D eigenvalue weighted by atomic mass is 32.2. The molecule has 3 aromatic rings. The number of rotatable bonds is 5. The predicted molar refractivity (Wildman–Crippen MR) is 126 cm³/mol. The second-order valence-electron chi connectivity index (χ2n) is 8.66. The Balaban J connectivity index is 1.28. The quantitative estimate of drug-likeness (QED) is 0.529. The average molecular weight is 496 g/mol. The lowest BCUT2D eigenvalue weighted by atomic mass is 10.2. The Morgan fingerprint density at radius 1 is 1.11 bits per heavy atom. The van der Waals surface area contributed by atoms with Crippen molar-refractivity contribution in [3.8, 4) is 17.7 Å². The number of carbonyl (C=O) groups is 1. The molecule has 2 fully saturated rings. The number of piperazine rings is 1. The van der Waals surface area contributed by atoms with Crippen molar-refractivity contribution in [2.45, 2.75) is 30.7 Å². The summed E-state index contributed by atoms with van der Waals surface area (Å²) in [5, 5.41) is 9.50. The van der Waals surface area contributed by atoms with Gasteiger partial charge in [-0.15, -0.1) is 0 Å². The molecule has 2 aliphatic heterocycles. The monoisotopic (exact) mass is 495 g/mol. The van der Waals surface area contributed by atoms with Gasteiger partial charge in [-0.1, -0.05) is 17.7 Å². The van der Waals surface area contributed by atoms with Crippen molar-refractivity contribution < 1.29 is 22.0 Å². The summed E-state index contributed by atoms with van der Waals surface area (Å²) in [6.07, 6.45) is 2.64. The van der Waals surface area contributed by atoms with Gasteiger partial charge in [0.15, 0.2) is 5.76 Å². The molecule has 0 N–H and O–H groups in total. The number of hydrogen-bond donors (Lipinski definition) is 0. The zero-order chi connectivity index (χ0) is 24.6. The predicted octanol–water partition coefficient (Wildman–Crippen LogP) is 2.62. The topological polar surface area (TPSA) is 124 Å². The molecule has 1 aromatic carbocycles. The molecule has 0 saturated carbocycles. The number of amides is 1. The van der Waals surface area contributed by atoms with Gasteiger partial charge < -0.3 is 18.6 Å². The van der Waals surface area contributed by atoms with Crippen molar-refractivity contribution in [3.63, 3.8) is 0 Å². The number of nitriles is 1. The van der Waals surface area contributed by atoms with Crippen LogP contribution >= 0.6 is 0 Å². The third-order valence-electron chi connectivity index (χ3n) is 6.44. The van der Waals surface area contributed by atoms with Gasteiger partial charge in [-0.2, -0.15) is 14.6 Å². The van der Waals surface area contributed by atoms with Gasteiger partial charge >= 0.3 is 0 Å². The van der Waals surface area contributed by atoms with Crippen LogP contribution in [0.15, 0.2) is 56.4 Å². The molecule has 2 aliphatic rings. The van der Waals surface area contributed by atoms with E-state index in [4.69, 9.17) is 8.83 Å². The Bertz CT molecular complexity index is 1350. The summed E-state index contributed by atoms with van der Waals surface area (Å²) in [7, 11) is -3.76. The summed E-state index contributed by atoms with van der Waals surface area (Å²) in [4.78, 5) is 21.4. The van der Waals surface area contributed by atoms with E-state index in [1.54, 1.807) is 41.3 Å². The summed E-state index contributed by atoms with van der Waals surface area (Å²) in [6, 6.07) is 11.4. The van der Waals surface area contributed by atoms with Gasteiger partial charge in [-0.25, -0.2) is 8.42 Å². The molecule has 182 valence electrons. The van der Waals surface area contributed by atoms with E-state index < -0.39 is 16.1 Å². The second-order valence-corrected chi connectivity index (χ2v) is 10.6. The lowest BCUT2D eigenvalue weighted by Gasteiger charge is -2.37. The third kappa shape index (κ3) is 4.31. The van der Waals surface area contributed by atoms with Gasteiger partial charge in [0.1, 0.15) is 12.1 Å². The average Bonchev–Trinajstić information content (AvgIpc) is 3.64. The van der Waals surface area contributed by atoms with Crippen LogP contribution in [0.5, 0.6) is 0 Å². The normalized spacial score (nSPS) is 19.1.